The van der Waals surface area contributed by atoms with E-state index in [9.17, 15) is 22.0 Å². The van der Waals surface area contributed by atoms with E-state index in [0.717, 1.165) is 28.2 Å². The standard InChI is InChI=1S/C19H21F2N3O3S/c20-16-7-4-8-17(21)19(16)28(26,27)24-13-11-23(12-14-24)10-9-18(25)22-15-5-2-1-3-6-15/h1-8H,9-14H2,(H,22,25). The van der Waals surface area contributed by atoms with Crippen LogP contribution in [0.25, 0.3) is 0 Å². The Balaban J connectivity index is 1.52. The van der Waals surface area contributed by atoms with E-state index < -0.39 is 26.6 Å². The van der Waals surface area contributed by atoms with Gasteiger partial charge < -0.3 is 10.2 Å². The summed E-state index contributed by atoms with van der Waals surface area (Å²) in [5.41, 5.74) is 0.718. The fourth-order valence-corrected chi connectivity index (χ4v) is 4.59. The first-order chi connectivity index (χ1) is 13.4. The maximum atomic E-state index is 13.9. The lowest BCUT2D eigenvalue weighted by molar-refractivity contribution is -0.116. The van der Waals surface area contributed by atoms with Crippen LogP contribution in [0.15, 0.2) is 53.4 Å². The zero-order valence-electron chi connectivity index (χ0n) is 15.1. The highest BCUT2D eigenvalue weighted by Gasteiger charge is 2.33. The van der Waals surface area contributed by atoms with Crippen molar-refractivity contribution in [1.29, 1.82) is 0 Å². The molecule has 0 atom stereocenters. The van der Waals surface area contributed by atoms with Gasteiger partial charge in [0.15, 0.2) is 4.90 Å². The van der Waals surface area contributed by atoms with Gasteiger partial charge in [0.25, 0.3) is 0 Å². The van der Waals surface area contributed by atoms with Crippen LogP contribution in [0, 0.1) is 11.6 Å². The molecule has 1 aliphatic heterocycles. The molecule has 0 radical (unpaired) electrons. The Morgan fingerprint density at radius 1 is 0.929 bits per heavy atom. The van der Waals surface area contributed by atoms with Crippen molar-refractivity contribution in [2.45, 2.75) is 11.3 Å². The summed E-state index contributed by atoms with van der Waals surface area (Å²) >= 11 is 0. The predicted molar refractivity (Wildman–Crippen MR) is 101 cm³/mol. The normalized spacial score (nSPS) is 16.1. The number of halogens is 2. The average molecular weight is 409 g/mol. The number of anilines is 1. The van der Waals surface area contributed by atoms with Gasteiger partial charge in [-0.1, -0.05) is 24.3 Å². The Morgan fingerprint density at radius 2 is 1.54 bits per heavy atom. The molecular formula is C19H21F2N3O3S. The maximum Gasteiger partial charge on any atom is 0.249 e. The van der Waals surface area contributed by atoms with Crippen LogP contribution in [0.4, 0.5) is 14.5 Å². The van der Waals surface area contributed by atoms with Crippen molar-refractivity contribution < 1.29 is 22.0 Å². The highest BCUT2D eigenvalue weighted by atomic mass is 32.2. The number of nitrogens with one attached hydrogen (secondary N) is 1. The Bertz CT molecular complexity index is 910. The Kier molecular flexibility index (Phi) is 6.38. The average Bonchev–Trinajstić information content (AvgIpc) is 2.67. The van der Waals surface area contributed by atoms with E-state index >= 15 is 0 Å². The highest BCUT2D eigenvalue weighted by molar-refractivity contribution is 7.89. The number of amides is 1. The molecule has 0 aromatic heterocycles. The van der Waals surface area contributed by atoms with E-state index in [1.807, 2.05) is 23.1 Å². The second-order valence-corrected chi connectivity index (χ2v) is 8.34. The van der Waals surface area contributed by atoms with Crippen molar-refractivity contribution in [2.24, 2.45) is 0 Å². The molecule has 1 amide bonds. The molecule has 6 nitrogen and oxygen atoms in total. The first-order valence-electron chi connectivity index (χ1n) is 8.89. The summed E-state index contributed by atoms with van der Waals surface area (Å²) in [6, 6.07) is 12.1. The third-order valence-electron chi connectivity index (χ3n) is 4.56. The molecule has 0 spiro atoms. The van der Waals surface area contributed by atoms with E-state index in [0.29, 0.717) is 19.6 Å². The highest BCUT2D eigenvalue weighted by Crippen LogP contribution is 2.23. The van der Waals surface area contributed by atoms with E-state index in [1.165, 1.54) is 0 Å². The summed E-state index contributed by atoms with van der Waals surface area (Å²) in [5, 5.41) is 2.79. The van der Waals surface area contributed by atoms with Gasteiger partial charge in [-0.15, -0.1) is 0 Å². The van der Waals surface area contributed by atoms with E-state index in [-0.39, 0.29) is 25.4 Å². The SMILES string of the molecule is O=C(CCN1CCN(S(=O)(=O)c2c(F)cccc2F)CC1)Nc1ccccc1. The second-order valence-electron chi connectivity index (χ2n) is 6.46. The number of sulfonamides is 1. The zero-order chi connectivity index (χ0) is 20.1. The van der Waals surface area contributed by atoms with Crippen molar-refractivity contribution in [3.8, 4) is 0 Å². The van der Waals surface area contributed by atoms with Gasteiger partial charge in [0.2, 0.25) is 15.9 Å². The van der Waals surface area contributed by atoms with Crippen LogP contribution in [0.1, 0.15) is 6.42 Å². The number of hydrogen-bond donors (Lipinski definition) is 1. The van der Waals surface area contributed by atoms with Crippen molar-refractivity contribution >= 4 is 21.6 Å². The zero-order valence-corrected chi connectivity index (χ0v) is 16.0. The summed E-state index contributed by atoms with van der Waals surface area (Å²) < 4.78 is 53.9. The number of hydrogen-bond acceptors (Lipinski definition) is 4. The van der Waals surface area contributed by atoms with Gasteiger partial charge in [-0.25, -0.2) is 17.2 Å². The number of carbonyl (C=O) groups is 1. The molecule has 1 saturated heterocycles. The third-order valence-corrected chi connectivity index (χ3v) is 6.51. The molecule has 28 heavy (non-hydrogen) atoms. The molecule has 0 bridgehead atoms. The molecule has 1 aliphatic rings. The number of carbonyl (C=O) groups excluding carboxylic acids is 1. The molecule has 150 valence electrons. The molecular weight excluding hydrogens is 388 g/mol. The number of para-hydroxylation sites is 1. The van der Waals surface area contributed by atoms with Gasteiger partial charge in [0.05, 0.1) is 0 Å². The number of rotatable bonds is 6. The topological polar surface area (TPSA) is 69.7 Å². The van der Waals surface area contributed by atoms with Crippen LogP contribution in [0.5, 0.6) is 0 Å². The lowest BCUT2D eigenvalue weighted by Gasteiger charge is -2.33. The molecule has 0 unspecified atom stereocenters. The number of nitrogens with zero attached hydrogens (tertiary/aromatic N) is 2. The van der Waals surface area contributed by atoms with E-state index in [2.05, 4.69) is 5.32 Å². The maximum absolute atomic E-state index is 13.9. The van der Waals surface area contributed by atoms with E-state index in [1.54, 1.807) is 12.1 Å². The first kappa shape index (κ1) is 20.4. The van der Waals surface area contributed by atoms with Crippen molar-refractivity contribution in [3.05, 3.63) is 60.2 Å². The Morgan fingerprint density at radius 3 is 2.14 bits per heavy atom. The van der Waals surface area contributed by atoms with Crippen molar-refractivity contribution in [1.82, 2.24) is 9.21 Å². The molecule has 1 heterocycles. The minimum absolute atomic E-state index is 0.108. The molecule has 1 fully saturated rings. The third kappa shape index (κ3) is 4.73. The van der Waals surface area contributed by atoms with Crippen LogP contribution in [-0.4, -0.2) is 56.3 Å². The number of benzene rings is 2. The van der Waals surface area contributed by atoms with Gasteiger partial charge >= 0.3 is 0 Å². The lowest BCUT2D eigenvalue weighted by Crippen LogP contribution is -2.49. The molecule has 1 N–H and O–H groups in total. The Labute approximate surface area is 162 Å². The van der Waals surface area contributed by atoms with Gasteiger partial charge in [0, 0.05) is 44.8 Å². The molecule has 2 aromatic carbocycles. The van der Waals surface area contributed by atoms with Crippen molar-refractivity contribution in [2.75, 3.05) is 38.0 Å². The summed E-state index contributed by atoms with van der Waals surface area (Å²) in [6.07, 6.45) is 0.267. The van der Waals surface area contributed by atoms with E-state index in [4.69, 9.17) is 0 Å². The Hall–Kier alpha value is -2.36. The summed E-state index contributed by atoms with van der Waals surface area (Å²) in [5.74, 6) is -2.32. The largest absolute Gasteiger partial charge is 0.326 e. The van der Waals surface area contributed by atoms with Gasteiger partial charge in [-0.2, -0.15) is 4.31 Å². The molecule has 0 aliphatic carbocycles. The fourth-order valence-electron chi connectivity index (χ4n) is 3.06. The van der Waals surface area contributed by atoms with Crippen molar-refractivity contribution in [3.63, 3.8) is 0 Å². The second kappa shape index (κ2) is 8.76. The fraction of sp³-hybridized carbons (Fsp3) is 0.316. The molecule has 2 aromatic rings. The van der Waals surface area contributed by atoms with Crippen LogP contribution in [0.3, 0.4) is 0 Å². The van der Waals surface area contributed by atoms with Gasteiger partial charge in [0.1, 0.15) is 11.6 Å². The first-order valence-corrected chi connectivity index (χ1v) is 10.3. The summed E-state index contributed by atoms with van der Waals surface area (Å²) in [6.45, 7) is 1.45. The summed E-state index contributed by atoms with van der Waals surface area (Å²) in [4.78, 5) is 13.1. The molecule has 0 saturated carbocycles. The monoisotopic (exact) mass is 409 g/mol. The van der Waals surface area contributed by atoms with Crippen LogP contribution >= 0.6 is 0 Å². The number of piperazine rings is 1. The minimum atomic E-state index is -4.24. The van der Waals surface area contributed by atoms with Crippen LogP contribution < -0.4 is 5.32 Å². The van der Waals surface area contributed by atoms with Crippen LogP contribution in [0.2, 0.25) is 0 Å². The van der Waals surface area contributed by atoms with Crippen LogP contribution in [-0.2, 0) is 14.8 Å². The van der Waals surface area contributed by atoms with Gasteiger partial charge in [-0.05, 0) is 24.3 Å². The minimum Gasteiger partial charge on any atom is -0.326 e. The quantitative estimate of drug-likeness (QED) is 0.795. The molecule has 3 rings (SSSR count). The summed E-state index contributed by atoms with van der Waals surface area (Å²) in [7, 11) is -4.24. The smallest absolute Gasteiger partial charge is 0.249 e. The predicted octanol–water partition coefficient (Wildman–Crippen LogP) is 2.30. The molecule has 9 heteroatoms. The lowest BCUT2D eigenvalue weighted by atomic mass is 10.3. The van der Waals surface area contributed by atoms with Gasteiger partial charge in [-0.3, -0.25) is 4.79 Å².